The lowest BCUT2D eigenvalue weighted by molar-refractivity contribution is 0.437. The second-order valence-corrected chi connectivity index (χ2v) is 9.83. The fourth-order valence-corrected chi connectivity index (χ4v) is 4.80. The summed E-state index contributed by atoms with van der Waals surface area (Å²) in [7, 11) is 0. The Labute approximate surface area is 216 Å². The maximum absolute atomic E-state index is 11.1. The van der Waals surface area contributed by atoms with Gasteiger partial charge in [-0.1, -0.05) is 47.5 Å². The summed E-state index contributed by atoms with van der Waals surface area (Å²) in [5.74, 6) is 0.191. The first-order valence-corrected chi connectivity index (χ1v) is 12.1. The van der Waals surface area contributed by atoms with Crippen molar-refractivity contribution >= 4 is 0 Å². The van der Waals surface area contributed by atoms with E-state index >= 15 is 0 Å². The Morgan fingerprint density at radius 3 is 1.03 bits per heavy atom. The molecule has 0 bridgehead atoms. The third-order valence-corrected chi connectivity index (χ3v) is 6.94. The Morgan fingerprint density at radius 1 is 0.405 bits per heavy atom. The maximum atomic E-state index is 11.1. The fourth-order valence-electron chi connectivity index (χ4n) is 4.80. The second kappa shape index (κ2) is 9.97. The van der Waals surface area contributed by atoms with Gasteiger partial charge in [0.15, 0.2) is 0 Å². The highest BCUT2D eigenvalue weighted by molar-refractivity contribution is 5.56. The van der Waals surface area contributed by atoms with Gasteiger partial charge in [0.05, 0.1) is 0 Å². The van der Waals surface area contributed by atoms with Crippen molar-refractivity contribution in [3.63, 3.8) is 0 Å². The summed E-state index contributed by atoms with van der Waals surface area (Å²) < 4.78 is 0. The normalized spacial score (nSPS) is 11.1. The molecule has 0 amide bonds. The summed E-state index contributed by atoms with van der Waals surface area (Å²) in [6, 6.07) is 13.8. The van der Waals surface area contributed by atoms with Crippen LogP contribution in [-0.4, -0.2) is 30.6 Å². The molecule has 0 spiro atoms. The van der Waals surface area contributed by atoms with E-state index in [1.165, 1.54) is 12.1 Å². The van der Waals surface area contributed by atoms with E-state index in [-0.39, 0.29) is 53.8 Å². The molecule has 192 valence electrons. The lowest BCUT2D eigenvalue weighted by atomic mass is 9.91. The van der Waals surface area contributed by atoms with E-state index in [0.717, 1.165) is 11.1 Å². The highest BCUT2D eigenvalue weighted by atomic mass is 16.3. The van der Waals surface area contributed by atoms with Crippen LogP contribution in [0.5, 0.6) is 34.5 Å². The number of benzene rings is 4. The van der Waals surface area contributed by atoms with Crippen LogP contribution < -0.4 is 0 Å². The van der Waals surface area contributed by atoms with E-state index in [1.54, 1.807) is 26.0 Å². The zero-order valence-corrected chi connectivity index (χ0v) is 21.4. The van der Waals surface area contributed by atoms with Crippen molar-refractivity contribution in [1.82, 2.24) is 0 Å². The topological polar surface area (TPSA) is 121 Å². The SMILES string of the molecule is Cc1cc(Cc2cc(C)cc(Cc3ccc(O)c(C)c3O)c2O)c(O)c(Cc2ccc(O)c(C)c2O)c1. The highest BCUT2D eigenvalue weighted by Crippen LogP contribution is 2.37. The molecule has 0 fully saturated rings. The molecule has 0 aliphatic carbocycles. The predicted octanol–water partition coefficient (Wildman–Crippen LogP) is 5.93. The summed E-state index contributed by atoms with van der Waals surface area (Å²) in [5.41, 5.74) is 6.34. The van der Waals surface area contributed by atoms with Crippen LogP contribution in [0.3, 0.4) is 0 Å². The van der Waals surface area contributed by atoms with E-state index in [1.807, 2.05) is 38.1 Å². The molecule has 0 aliphatic rings. The van der Waals surface area contributed by atoms with E-state index in [2.05, 4.69) is 0 Å². The van der Waals surface area contributed by atoms with Crippen molar-refractivity contribution in [2.45, 2.75) is 47.0 Å². The molecule has 0 heterocycles. The van der Waals surface area contributed by atoms with Gasteiger partial charge in [-0.25, -0.2) is 0 Å². The van der Waals surface area contributed by atoms with Crippen LogP contribution in [0.15, 0.2) is 48.5 Å². The number of aromatic hydroxyl groups is 6. The Hall–Kier alpha value is -4.32. The quantitative estimate of drug-likeness (QED) is 0.195. The van der Waals surface area contributed by atoms with Gasteiger partial charge in [-0.15, -0.1) is 0 Å². The summed E-state index contributed by atoms with van der Waals surface area (Å²) in [5, 5.41) is 62.9. The van der Waals surface area contributed by atoms with Crippen molar-refractivity contribution in [3.05, 3.63) is 104 Å². The van der Waals surface area contributed by atoms with Gasteiger partial charge < -0.3 is 30.6 Å². The zero-order chi connectivity index (χ0) is 27.0. The van der Waals surface area contributed by atoms with Crippen LogP contribution in [0.4, 0.5) is 0 Å². The van der Waals surface area contributed by atoms with Crippen LogP contribution in [-0.2, 0) is 19.3 Å². The minimum Gasteiger partial charge on any atom is -0.508 e. The molecule has 0 radical (unpaired) electrons. The van der Waals surface area contributed by atoms with E-state index in [9.17, 15) is 30.6 Å². The number of phenolic OH excluding ortho intramolecular Hbond substituents is 6. The van der Waals surface area contributed by atoms with Gasteiger partial charge >= 0.3 is 0 Å². The Bertz CT molecular complexity index is 1390. The molecule has 6 N–H and O–H groups in total. The molecule has 0 unspecified atom stereocenters. The van der Waals surface area contributed by atoms with Gasteiger partial charge in [0.2, 0.25) is 0 Å². The fraction of sp³-hybridized carbons (Fsp3) is 0.226. The van der Waals surface area contributed by atoms with Crippen LogP contribution in [0.1, 0.15) is 55.6 Å². The Kier molecular flexibility index (Phi) is 6.94. The molecule has 37 heavy (non-hydrogen) atoms. The molecule has 0 saturated heterocycles. The van der Waals surface area contributed by atoms with Gasteiger partial charge in [-0.3, -0.25) is 0 Å². The molecule has 0 aromatic heterocycles. The van der Waals surface area contributed by atoms with E-state index < -0.39 is 0 Å². The first-order chi connectivity index (χ1) is 17.5. The molecule has 4 aromatic carbocycles. The van der Waals surface area contributed by atoms with Crippen LogP contribution >= 0.6 is 0 Å². The summed E-state index contributed by atoms with van der Waals surface area (Å²) in [6.07, 6.45) is 0.832. The van der Waals surface area contributed by atoms with Gasteiger partial charge in [0.25, 0.3) is 0 Å². The second-order valence-electron chi connectivity index (χ2n) is 9.83. The number of hydrogen-bond donors (Lipinski definition) is 6. The smallest absolute Gasteiger partial charge is 0.125 e. The average Bonchev–Trinajstić information content (AvgIpc) is 2.85. The van der Waals surface area contributed by atoms with Crippen molar-refractivity contribution < 1.29 is 30.6 Å². The highest BCUT2D eigenvalue weighted by Gasteiger charge is 2.18. The molecule has 0 aliphatic heterocycles. The number of phenols is 6. The third-order valence-electron chi connectivity index (χ3n) is 6.94. The Balaban J connectivity index is 1.69. The average molecular weight is 501 g/mol. The summed E-state index contributed by atoms with van der Waals surface area (Å²) in [6.45, 7) is 7.11. The van der Waals surface area contributed by atoms with Gasteiger partial charge in [0.1, 0.15) is 34.5 Å². The largest absolute Gasteiger partial charge is 0.508 e. The van der Waals surface area contributed by atoms with Crippen molar-refractivity contribution in [1.29, 1.82) is 0 Å². The summed E-state index contributed by atoms with van der Waals surface area (Å²) >= 11 is 0. The van der Waals surface area contributed by atoms with E-state index in [0.29, 0.717) is 44.5 Å². The monoisotopic (exact) mass is 500 g/mol. The van der Waals surface area contributed by atoms with Crippen LogP contribution in [0.2, 0.25) is 0 Å². The van der Waals surface area contributed by atoms with E-state index in [4.69, 9.17) is 0 Å². The number of rotatable bonds is 6. The minimum atomic E-state index is -0.00357. The molecule has 4 aromatic rings. The Morgan fingerprint density at radius 2 is 0.703 bits per heavy atom. The van der Waals surface area contributed by atoms with Gasteiger partial charge in [-0.2, -0.15) is 0 Å². The third kappa shape index (κ3) is 5.14. The lowest BCUT2D eigenvalue weighted by Gasteiger charge is -2.16. The van der Waals surface area contributed by atoms with Crippen molar-refractivity contribution in [3.8, 4) is 34.5 Å². The molecule has 6 nitrogen and oxygen atoms in total. The lowest BCUT2D eigenvalue weighted by Crippen LogP contribution is -2.00. The predicted molar refractivity (Wildman–Crippen MR) is 143 cm³/mol. The van der Waals surface area contributed by atoms with Crippen molar-refractivity contribution in [2.24, 2.45) is 0 Å². The molecular weight excluding hydrogens is 468 g/mol. The first kappa shape index (κ1) is 25.8. The molecule has 4 rings (SSSR count). The van der Waals surface area contributed by atoms with Gasteiger partial charge in [-0.05, 0) is 73.2 Å². The number of aryl methyl sites for hydroxylation is 2. The molecule has 6 heteroatoms. The molecule has 0 saturated carbocycles. The standard InChI is InChI=1S/C31H32O6/c1-16-9-22(13-20-5-7-26(32)18(3)28(20)34)30(36)24(11-16)15-25-12-17(2)10-23(31(25)37)14-21-6-8-27(33)19(4)29(21)35/h5-12,32-37H,13-15H2,1-4H3. The minimum absolute atomic E-state index is 0.00357. The molecular formula is C31H32O6. The first-order valence-electron chi connectivity index (χ1n) is 12.1. The number of hydrogen-bond acceptors (Lipinski definition) is 6. The van der Waals surface area contributed by atoms with Crippen molar-refractivity contribution in [2.75, 3.05) is 0 Å². The zero-order valence-electron chi connectivity index (χ0n) is 21.4. The van der Waals surface area contributed by atoms with Crippen LogP contribution in [0.25, 0.3) is 0 Å². The summed E-state index contributed by atoms with van der Waals surface area (Å²) in [4.78, 5) is 0. The maximum Gasteiger partial charge on any atom is 0.125 e. The molecule has 0 atom stereocenters. The van der Waals surface area contributed by atoms with Gasteiger partial charge in [0, 0.05) is 30.4 Å². The van der Waals surface area contributed by atoms with Crippen LogP contribution in [0, 0.1) is 27.7 Å².